The van der Waals surface area contributed by atoms with E-state index in [0.717, 1.165) is 0 Å². The summed E-state index contributed by atoms with van der Waals surface area (Å²) in [6, 6.07) is 0. The molecule has 0 heterocycles. The zero-order valence-corrected chi connectivity index (χ0v) is 6.13. The molecule has 0 saturated carbocycles. The molecule has 0 spiro atoms. The van der Waals surface area contributed by atoms with Crippen molar-refractivity contribution >= 4 is 6.21 Å². The molecule has 0 unspecified atom stereocenters. The van der Waals surface area contributed by atoms with E-state index in [1.807, 2.05) is 32.9 Å². The average molecular weight is 124 g/mol. The molecule has 0 bridgehead atoms. The number of hydrogen-bond acceptors (Lipinski definition) is 0. The lowest BCUT2D eigenvalue weighted by Gasteiger charge is -2.04. The highest BCUT2D eigenvalue weighted by molar-refractivity contribution is 5.61. The van der Waals surface area contributed by atoms with Crippen LogP contribution in [0.4, 0.5) is 0 Å². The van der Waals surface area contributed by atoms with Gasteiger partial charge in [-0.3, -0.25) is 0 Å². The Balaban J connectivity index is 4.18. The fourth-order valence-electron chi connectivity index (χ4n) is 0.621. The molecule has 0 aromatic carbocycles. The summed E-state index contributed by atoms with van der Waals surface area (Å²) in [6.07, 6.45) is 5.39. The van der Waals surface area contributed by atoms with Crippen molar-refractivity contribution in [2.45, 2.75) is 20.8 Å². The van der Waals surface area contributed by atoms with Gasteiger partial charge in [-0.05, 0) is 20.8 Å². The normalized spacial score (nSPS) is 11.4. The van der Waals surface area contributed by atoms with Crippen LogP contribution in [-0.2, 0) is 0 Å². The Morgan fingerprint density at radius 1 is 1.44 bits per heavy atom. The van der Waals surface area contributed by atoms with Gasteiger partial charge < -0.3 is 5.53 Å². The van der Waals surface area contributed by atoms with Crippen LogP contribution in [0.25, 0.3) is 5.53 Å². The molecule has 0 saturated heterocycles. The molecule has 0 amide bonds. The Hall–Kier alpha value is -0.880. The summed E-state index contributed by atoms with van der Waals surface area (Å²) in [4.78, 5) is 2.95. The molecule has 0 aliphatic carbocycles. The van der Waals surface area contributed by atoms with Crippen molar-refractivity contribution < 1.29 is 4.79 Å². The smallest absolute Gasteiger partial charge is 0.266 e. The molecule has 0 rings (SSSR count). The standard InChI is InChI=1S/C7H12N2/c1-4-5-7(2,3)6-9-8/h4-6H,1-3H3/b5-4+. The Labute approximate surface area is 55.8 Å². The van der Waals surface area contributed by atoms with Gasteiger partial charge in [-0.1, -0.05) is 12.2 Å². The summed E-state index contributed by atoms with van der Waals surface area (Å²) in [5.74, 6) is 0. The van der Waals surface area contributed by atoms with Gasteiger partial charge in [0.2, 0.25) is 0 Å². The zero-order valence-electron chi connectivity index (χ0n) is 6.13. The molecule has 0 aliphatic rings. The minimum absolute atomic E-state index is 0.122. The monoisotopic (exact) mass is 124 g/mol. The predicted octanol–water partition coefficient (Wildman–Crippen LogP) is 1.89. The zero-order chi connectivity index (χ0) is 7.33. The van der Waals surface area contributed by atoms with Crippen LogP contribution in [0, 0.1) is 5.41 Å². The molecule has 0 atom stereocenters. The Morgan fingerprint density at radius 3 is 2.33 bits per heavy atom. The Kier molecular flexibility index (Phi) is 2.89. The van der Waals surface area contributed by atoms with Crippen molar-refractivity contribution in [3.05, 3.63) is 17.7 Å². The lowest BCUT2D eigenvalue weighted by Crippen LogP contribution is -2.08. The van der Waals surface area contributed by atoms with Crippen LogP contribution in [-0.4, -0.2) is 11.0 Å². The second-order valence-electron chi connectivity index (χ2n) is 2.57. The topological polar surface area (TPSA) is 36.4 Å². The van der Waals surface area contributed by atoms with Crippen molar-refractivity contribution in [1.82, 2.24) is 0 Å². The van der Waals surface area contributed by atoms with Crippen LogP contribution in [0.15, 0.2) is 12.2 Å². The molecule has 0 aliphatic heterocycles. The summed E-state index contributed by atoms with van der Waals surface area (Å²) < 4.78 is 0. The van der Waals surface area contributed by atoms with E-state index < -0.39 is 0 Å². The van der Waals surface area contributed by atoms with E-state index in [2.05, 4.69) is 4.79 Å². The molecular weight excluding hydrogens is 112 g/mol. The molecule has 0 N–H and O–H groups in total. The van der Waals surface area contributed by atoms with E-state index in [0.29, 0.717) is 0 Å². The van der Waals surface area contributed by atoms with E-state index in [4.69, 9.17) is 5.53 Å². The average Bonchev–Trinajstić information content (AvgIpc) is 1.64. The fourth-order valence-corrected chi connectivity index (χ4v) is 0.621. The second-order valence-corrected chi connectivity index (χ2v) is 2.57. The minimum atomic E-state index is -0.122. The van der Waals surface area contributed by atoms with Crippen LogP contribution in [0.2, 0.25) is 0 Å². The van der Waals surface area contributed by atoms with E-state index in [9.17, 15) is 0 Å². The van der Waals surface area contributed by atoms with Crippen molar-refractivity contribution in [3.63, 3.8) is 0 Å². The van der Waals surface area contributed by atoms with Gasteiger partial charge >= 0.3 is 0 Å². The molecule has 0 radical (unpaired) electrons. The largest absolute Gasteiger partial charge is 0.362 e. The summed E-state index contributed by atoms with van der Waals surface area (Å²) in [7, 11) is 0. The van der Waals surface area contributed by atoms with Gasteiger partial charge in [0.1, 0.15) is 0 Å². The van der Waals surface area contributed by atoms with Crippen LogP contribution in [0.3, 0.4) is 0 Å². The molecule has 2 nitrogen and oxygen atoms in total. The van der Waals surface area contributed by atoms with E-state index >= 15 is 0 Å². The summed E-state index contributed by atoms with van der Waals surface area (Å²) in [5, 5.41) is 0. The highest BCUT2D eigenvalue weighted by atomic mass is 14.8. The third-order valence-corrected chi connectivity index (χ3v) is 0.987. The molecule has 9 heavy (non-hydrogen) atoms. The lowest BCUT2D eigenvalue weighted by atomic mass is 9.95. The summed E-state index contributed by atoms with van der Waals surface area (Å²) in [5.41, 5.74) is 8.04. The van der Waals surface area contributed by atoms with Gasteiger partial charge in [0.05, 0.1) is 5.41 Å². The van der Waals surface area contributed by atoms with E-state index in [-0.39, 0.29) is 5.41 Å². The predicted molar refractivity (Wildman–Crippen MR) is 38.3 cm³/mol. The van der Waals surface area contributed by atoms with Crippen LogP contribution in [0.5, 0.6) is 0 Å². The maximum Gasteiger partial charge on any atom is 0.266 e. The van der Waals surface area contributed by atoms with Crippen molar-refractivity contribution in [2.75, 3.05) is 0 Å². The number of allylic oxidation sites excluding steroid dienone is 2. The number of hydrogen-bond donors (Lipinski definition) is 0. The first-order valence-electron chi connectivity index (χ1n) is 2.95. The highest BCUT2D eigenvalue weighted by Gasteiger charge is 2.13. The van der Waals surface area contributed by atoms with Gasteiger partial charge in [0.25, 0.3) is 6.21 Å². The van der Waals surface area contributed by atoms with Crippen LogP contribution in [0.1, 0.15) is 20.8 Å². The Morgan fingerprint density at radius 2 is 2.00 bits per heavy atom. The maximum atomic E-state index is 8.16. The number of nitrogens with zero attached hydrogens (tertiary/aromatic N) is 2. The van der Waals surface area contributed by atoms with Crippen molar-refractivity contribution in [1.29, 1.82) is 0 Å². The quantitative estimate of drug-likeness (QED) is 0.233. The molecule has 0 aromatic heterocycles. The van der Waals surface area contributed by atoms with Crippen LogP contribution >= 0.6 is 0 Å². The second kappa shape index (κ2) is 3.21. The lowest BCUT2D eigenvalue weighted by molar-refractivity contribution is -0.00527. The summed E-state index contributed by atoms with van der Waals surface area (Å²) in [6.45, 7) is 5.87. The van der Waals surface area contributed by atoms with Gasteiger partial charge in [-0.25, -0.2) is 0 Å². The van der Waals surface area contributed by atoms with Crippen molar-refractivity contribution in [3.8, 4) is 0 Å². The SMILES string of the molecule is C/C=C/C(C)(C)C=[N+]=[N-]. The first kappa shape index (κ1) is 8.12. The third-order valence-electron chi connectivity index (χ3n) is 0.987. The summed E-state index contributed by atoms with van der Waals surface area (Å²) >= 11 is 0. The number of rotatable bonds is 2. The molecule has 2 heteroatoms. The first-order valence-corrected chi connectivity index (χ1v) is 2.95. The van der Waals surface area contributed by atoms with Crippen LogP contribution < -0.4 is 0 Å². The fraction of sp³-hybridized carbons (Fsp3) is 0.571. The van der Waals surface area contributed by atoms with Gasteiger partial charge in [-0.2, -0.15) is 4.79 Å². The van der Waals surface area contributed by atoms with Gasteiger partial charge in [0, 0.05) is 0 Å². The molecule has 0 fully saturated rings. The van der Waals surface area contributed by atoms with Gasteiger partial charge in [-0.15, -0.1) is 0 Å². The van der Waals surface area contributed by atoms with E-state index in [1.165, 1.54) is 6.21 Å². The maximum absolute atomic E-state index is 8.16. The van der Waals surface area contributed by atoms with Crippen molar-refractivity contribution in [2.24, 2.45) is 5.41 Å². The first-order chi connectivity index (χ1) is 4.12. The van der Waals surface area contributed by atoms with E-state index in [1.54, 1.807) is 0 Å². The third kappa shape index (κ3) is 3.68. The Bertz CT molecular complexity index is 150. The minimum Gasteiger partial charge on any atom is -0.362 e. The molecular formula is C7H12N2. The molecule has 50 valence electrons. The van der Waals surface area contributed by atoms with Gasteiger partial charge in [0.15, 0.2) is 0 Å². The highest BCUT2D eigenvalue weighted by Crippen LogP contribution is 2.11. The molecule has 0 aromatic rings.